The lowest BCUT2D eigenvalue weighted by molar-refractivity contribution is -0.324. The van der Waals surface area contributed by atoms with E-state index < -0.39 is 17.3 Å². The van der Waals surface area contributed by atoms with E-state index in [1.54, 1.807) is 0 Å². The van der Waals surface area contributed by atoms with Crippen LogP contribution in [0.15, 0.2) is 0 Å². The average molecular weight is 282 g/mol. The molecule has 0 heterocycles. The van der Waals surface area contributed by atoms with Crippen LogP contribution in [0.5, 0.6) is 0 Å². The highest BCUT2D eigenvalue weighted by Gasteiger charge is 2.74. The quantitative estimate of drug-likeness (QED) is 0.723. The zero-order valence-electron chi connectivity index (χ0n) is 12.3. The van der Waals surface area contributed by atoms with Crippen LogP contribution in [0.3, 0.4) is 0 Å². The van der Waals surface area contributed by atoms with Gasteiger partial charge >= 0.3 is 5.97 Å². The number of ether oxygens (including phenoxy) is 1. The van der Waals surface area contributed by atoms with Crippen molar-refractivity contribution in [3.05, 3.63) is 0 Å². The van der Waals surface area contributed by atoms with E-state index in [1.807, 2.05) is 0 Å². The van der Waals surface area contributed by atoms with Crippen molar-refractivity contribution in [1.82, 2.24) is 0 Å². The monoisotopic (exact) mass is 282 g/mol. The summed E-state index contributed by atoms with van der Waals surface area (Å²) >= 11 is 0. The van der Waals surface area contributed by atoms with Gasteiger partial charge in [0.1, 0.15) is 11.2 Å². The summed E-state index contributed by atoms with van der Waals surface area (Å²) in [5.74, 6) is -0.420. The van der Waals surface area contributed by atoms with Gasteiger partial charge in [0.05, 0.1) is 6.10 Å². The Kier molecular flexibility index (Phi) is 3.57. The number of carbonyl (C=O) groups is 1. The SMILES string of the molecule is CC(=O)O[C@]12CCCCC[C@H]1[C@@]1(O)[C@H](O)CCCC[C@@H]21. The molecular weight excluding hydrogens is 256 g/mol. The van der Waals surface area contributed by atoms with Crippen molar-refractivity contribution in [3.63, 3.8) is 0 Å². The molecule has 2 N–H and O–H groups in total. The molecule has 3 rings (SSSR count). The molecule has 20 heavy (non-hydrogen) atoms. The summed E-state index contributed by atoms with van der Waals surface area (Å²) < 4.78 is 5.79. The Bertz CT molecular complexity index is 382. The molecule has 4 nitrogen and oxygen atoms in total. The molecular formula is C16H26O4. The van der Waals surface area contributed by atoms with Crippen LogP contribution >= 0.6 is 0 Å². The second kappa shape index (κ2) is 4.99. The smallest absolute Gasteiger partial charge is 0.303 e. The van der Waals surface area contributed by atoms with E-state index in [9.17, 15) is 15.0 Å². The van der Waals surface area contributed by atoms with Gasteiger partial charge in [0.25, 0.3) is 0 Å². The summed E-state index contributed by atoms with van der Waals surface area (Å²) in [5.41, 5.74) is -1.54. The van der Waals surface area contributed by atoms with E-state index in [0.717, 1.165) is 51.4 Å². The van der Waals surface area contributed by atoms with Crippen molar-refractivity contribution in [2.45, 2.75) is 82.0 Å². The van der Waals surface area contributed by atoms with Crippen molar-refractivity contribution in [2.75, 3.05) is 0 Å². The molecule has 0 bridgehead atoms. The molecule has 5 atom stereocenters. The molecule has 114 valence electrons. The maximum atomic E-state index is 11.6. The maximum Gasteiger partial charge on any atom is 0.303 e. The van der Waals surface area contributed by atoms with Gasteiger partial charge in [-0.15, -0.1) is 0 Å². The van der Waals surface area contributed by atoms with Crippen molar-refractivity contribution in [2.24, 2.45) is 11.8 Å². The standard InChI is InChI=1S/C16H26O4/c1-11(17)20-15-10-6-2-3-7-12(15)16(19)13(15)8-4-5-9-14(16)18/h12-14,18-19H,2-10H2,1H3/t12-,13+,14-,15-,16+/m1/s1. The molecule has 3 aliphatic rings. The molecule has 4 heteroatoms. The highest BCUT2D eigenvalue weighted by atomic mass is 16.6. The van der Waals surface area contributed by atoms with E-state index in [-0.39, 0.29) is 17.8 Å². The Balaban J connectivity index is 1.97. The molecule has 0 aromatic carbocycles. The summed E-state index contributed by atoms with van der Waals surface area (Å²) in [6.45, 7) is 1.46. The molecule has 3 saturated carbocycles. The van der Waals surface area contributed by atoms with Crippen molar-refractivity contribution in [1.29, 1.82) is 0 Å². The lowest BCUT2D eigenvalue weighted by Crippen LogP contribution is -2.78. The first-order valence-corrected chi connectivity index (χ1v) is 8.12. The van der Waals surface area contributed by atoms with Crippen LogP contribution in [0.1, 0.15) is 64.7 Å². The normalized spacial score (nSPS) is 48.0. The van der Waals surface area contributed by atoms with Crippen LogP contribution < -0.4 is 0 Å². The molecule has 0 radical (unpaired) electrons. The van der Waals surface area contributed by atoms with Gasteiger partial charge in [-0.3, -0.25) is 4.79 Å². The predicted octanol–water partition coefficient (Wildman–Crippen LogP) is 2.16. The molecule has 0 aromatic rings. The number of fused-ring (bicyclic) bond motifs is 4. The highest BCUT2D eigenvalue weighted by molar-refractivity contribution is 5.67. The van der Waals surface area contributed by atoms with Gasteiger partial charge in [0.15, 0.2) is 0 Å². The van der Waals surface area contributed by atoms with E-state index in [2.05, 4.69) is 0 Å². The Labute approximate surface area is 120 Å². The van der Waals surface area contributed by atoms with Crippen LogP contribution in [0.25, 0.3) is 0 Å². The number of esters is 1. The van der Waals surface area contributed by atoms with Crippen LogP contribution in [0.4, 0.5) is 0 Å². The second-order valence-electron chi connectivity index (χ2n) is 6.94. The number of hydrogen-bond donors (Lipinski definition) is 2. The fourth-order valence-electron chi connectivity index (χ4n) is 5.24. The summed E-state index contributed by atoms with van der Waals surface area (Å²) in [5, 5.41) is 21.6. The number of aliphatic hydroxyl groups is 2. The number of rotatable bonds is 1. The molecule has 0 aromatic heterocycles. The van der Waals surface area contributed by atoms with Gasteiger partial charge in [0.2, 0.25) is 0 Å². The Hall–Kier alpha value is -0.610. The fraction of sp³-hybridized carbons (Fsp3) is 0.938. The number of carbonyl (C=O) groups excluding carboxylic acids is 1. The maximum absolute atomic E-state index is 11.6. The highest BCUT2D eigenvalue weighted by Crippen LogP contribution is 2.64. The first-order valence-electron chi connectivity index (χ1n) is 8.12. The van der Waals surface area contributed by atoms with Gasteiger partial charge in [-0.2, -0.15) is 0 Å². The second-order valence-corrected chi connectivity index (χ2v) is 6.94. The Morgan fingerprint density at radius 3 is 2.30 bits per heavy atom. The minimum atomic E-state index is -1.03. The third-order valence-electron chi connectivity index (χ3n) is 5.94. The molecule has 3 aliphatic carbocycles. The van der Waals surface area contributed by atoms with Crippen molar-refractivity contribution < 1.29 is 19.7 Å². The molecule has 0 aliphatic heterocycles. The van der Waals surface area contributed by atoms with E-state index in [1.165, 1.54) is 6.92 Å². The number of hydrogen-bond acceptors (Lipinski definition) is 4. The minimum absolute atomic E-state index is 0.0838. The minimum Gasteiger partial charge on any atom is -0.458 e. The average Bonchev–Trinajstić information content (AvgIpc) is 2.64. The van der Waals surface area contributed by atoms with E-state index in [4.69, 9.17) is 4.74 Å². The zero-order valence-corrected chi connectivity index (χ0v) is 12.3. The predicted molar refractivity (Wildman–Crippen MR) is 74.0 cm³/mol. The van der Waals surface area contributed by atoms with Gasteiger partial charge in [-0.05, 0) is 32.1 Å². The third-order valence-corrected chi connectivity index (χ3v) is 5.94. The van der Waals surface area contributed by atoms with E-state index in [0.29, 0.717) is 6.42 Å². The summed E-state index contributed by atoms with van der Waals surface area (Å²) in [6.07, 6.45) is 7.73. The lowest BCUT2D eigenvalue weighted by Gasteiger charge is -2.65. The lowest BCUT2D eigenvalue weighted by atomic mass is 9.46. The van der Waals surface area contributed by atoms with E-state index >= 15 is 0 Å². The van der Waals surface area contributed by atoms with Crippen LogP contribution in [0, 0.1) is 11.8 Å². The summed E-state index contributed by atoms with van der Waals surface area (Å²) in [7, 11) is 0. The Morgan fingerprint density at radius 2 is 1.65 bits per heavy atom. The Morgan fingerprint density at radius 1 is 1.05 bits per heavy atom. The van der Waals surface area contributed by atoms with Crippen LogP contribution in [-0.2, 0) is 9.53 Å². The first kappa shape index (κ1) is 14.3. The third kappa shape index (κ3) is 1.84. The molecule has 0 amide bonds. The molecule has 0 saturated heterocycles. The van der Waals surface area contributed by atoms with Gasteiger partial charge in [-0.25, -0.2) is 0 Å². The summed E-state index contributed by atoms with van der Waals surface area (Å²) in [6, 6.07) is 0. The summed E-state index contributed by atoms with van der Waals surface area (Å²) in [4.78, 5) is 11.6. The van der Waals surface area contributed by atoms with Crippen LogP contribution in [0.2, 0.25) is 0 Å². The van der Waals surface area contributed by atoms with Gasteiger partial charge in [-0.1, -0.05) is 25.7 Å². The first-order chi connectivity index (χ1) is 9.52. The molecule has 0 unspecified atom stereocenters. The van der Waals surface area contributed by atoms with Crippen molar-refractivity contribution >= 4 is 5.97 Å². The largest absolute Gasteiger partial charge is 0.458 e. The molecule has 0 spiro atoms. The topological polar surface area (TPSA) is 66.8 Å². The zero-order chi connectivity index (χ0) is 14.4. The van der Waals surface area contributed by atoms with Gasteiger partial charge in [0, 0.05) is 18.8 Å². The van der Waals surface area contributed by atoms with Crippen LogP contribution in [-0.4, -0.2) is 33.5 Å². The fourth-order valence-corrected chi connectivity index (χ4v) is 5.24. The number of aliphatic hydroxyl groups excluding tert-OH is 1. The van der Waals surface area contributed by atoms with Crippen molar-refractivity contribution in [3.8, 4) is 0 Å². The van der Waals surface area contributed by atoms with Gasteiger partial charge < -0.3 is 14.9 Å². The molecule has 3 fully saturated rings.